The van der Waals surface area contributed by atoms with E-state index in [-0.39, 0.29) is 5.75 Å². The smallest absolute Gasteiger partial charge is 0.168 e. The quantitative estimate of drug-likeness (QED) is 0.760. The van der Waals surface area contributed by atoms with Crippen LogP contribution in [0.25, 0.3) is 0 Å². The minimum Gasteiger partial charge on any atom is -0.490 e. The number of nitrogens with two attached hydrogens (primary N) is 1. The molecule has 0 amide bonds. The highest BCUT2D eigenvalue weighted by atomic mass is 19.1. The highest BCUT2D eigenvalue weighted by Gasteiger charge is 2.23. The van der Waals surface area contributed by atoms with Crippen molar-refractivity contribution in [3.63, 3.8) is 0 Å². The van der Waals surface area contributed by atoms with Gasteiger partial charge in [-0.05, 0) is 50.6 Å². The van der Waals surface area contributed by atoms with Crippen LogP contribution in [-0.2, 0) is 6.42 Å². The molecule has 0 saturated heterocycles. The lowest BCUT2D eigenvalue weighted by atomic mass is 10.1. The van der Waals surface area contributed by atoms with E-state index in [4.69, 9.17) is 10.5 Å². The predicted octanol–water partition coefficient (Wildman–Crippen LogP) is 3.04. The molecule has 1 saturated carbocycles. The van der Waals surface area contributed by atoms with Crippen molar-refractivity contribution < 1.29 is 13.5 Å². The Morgan fingerprint density at radius 2 is 2.00 bits per heavy atom. The number of halogens is 2. The zero-order chi connectivity index (χ0) is 13.0. The number of unbranched alkanes of at least 4 members (excludes halogenated alkanes) is 1. The van der Waals surface area contributed by atoms with E-state index in [9.17, 15) is 8.78 Å². The number of aryl methyl sites for hydroxylation is 1. The third-order valence-corrected chi connectivity index (χ3v) is 3.15. The van der Waals surface area contributed by atoms with Crippen LogP contribution < -0.4 is 10.5 Å². The molecule has 1 aliphatic carbocycles. The third-order valence-electron chi connectivity index (χ3n) is 3.15. The highest BCUT2D eigenvalue weighted by molar-refractivity contribution is 5.35. The minimum absolute atomic E-state index is 0.223. The van der Waals surface area contributed by atoms with Gasteiger partial charge in [0.05, 0.1) is 6.61 Å². The average molecular weight is 255 g/mol. The zero-order valence-corrected chi connectivity index (χ0v) is 10.4. The molecule has 2 rings (SSSR count). The normalized spacial score (nSPS) is 14.8. The Hall–Kier alpha value is -1.16. The number of rotatable bonds is 7. The molecule has 4 heteroatoms. The predicted molar refractivity (Wildman–Crippen MR) is 66.6 cm³/mol. The van der Waals surface area contributed by atoms with Gasteiger partial charge in [0.1, 0.15) is 5.82 Å². The Bertz CT molecular complexity index is 405. The lowest BCUT2D eigenvalue weighted by Crippen LogP contribution is -2.06. The first kappa shape index (κ1) is 13.3. The van der Waals surface area contributed by atoms with Crippen molar-refractivity contribution in [2.45, 2.75) is 32.1 Å². The van der Waals surface area contributed by atoms with Crippen molar-refractivity contribution in [2.24, 2.45) is 11.7 Å². The fourth-order valence-corrected chi connectivity index (χ4v) is 1.91. The van der Waals surface area contributed by atoms with E-state index < -0.39 is 11.6 Å². The molecule has 2 nitrogen and oxygen atoms in total. The van der Waals surface area contributed by atoms with Gasteiger partial charge in [-0.15, -0.1) is 0 Å². The fraction of sp³-hybridized carbons (Fsp3) is 0.571. The van der Waals surface area contributed by atoms with Gasteiger partial charge in [-0.1, -0.05) is 0 Å². The molecular formula is C14H19F2NO. The van der Waals surface area contributed by atoms with Gasteiger partial charge in [-0.3, -0.25) is 0 Å². The van der Waals surface area contributed by atoms with Crippen LogP contribution in [0, 0.1) is 17.6 Å². The average Bonchev–Trinajstić information content (AvgIpc) is 3.12. The van der Waals surface area contributed by atoms with Gasteiger partial charge in [-0.2, -0.15) is 0 Å². The van der Waals surface area contributed by atoms with E-state index in [2.05, 4.69) is 0 Å². The van der Waals surface area contributed by atoms with Gasteiger partial charge in [0.15, 0.2) is 11.6 Å². The Labute approximate surface area is 106 Å². The molecule has 1 aromatic carbocycles. The fourth-order valence-electron chi connectivity index (χ4n) is 1.91. The third kappa shape index (κ3) is 3.67. The van der Waals surface area contributed by atoms with Crippen molar-refractivity contribution in [2.75, 3.05) is 13.2 Å². The molecule has 0 aliphatic heterocycles. The number of hydrogen-bond donors (Lipinski definition) is 1. The monoisotopic (exact) mass is 255 g/mol. The highest BCUT2D eigenvalue weighted by Crippen LogP contribution is 2.32. The molecule has 0 bridgehead atoms. The zero-order valence-electron chi connectivity index (χ0n) is 10.4. The second-order valence-electron chi connectivity index (χ2n) is 4.88. The van der Waals surface area contributed by atoms with Gasteiger partial charge in [0, 0.05) is 11.6 Å². The van der Waals surface area contributed by atoms with Crippen LogP contribution in [0.4, 0.5) is 8.78 Å². The Morgan fingerprint density at radius 1 is 1.22 bits per heavy atom. The lowest BCUT2D eigenvalue weighted by Gasteiger charge is -2.12. The summed E-state index contributed by atoms with van der Waals surface area (Å²) in [7, 11) is 0. The molecule has 100 valence electrons. The first-order valence-corrected chi connectivity index (χ1v) is 6.51. The Kier molecular flexibility index (Phi) is 4.53. The lowest BCUT2D eigenvalue weighted by molar-refractivity contribution is 0.281. The van der Waals surface area contributed by atoms with Crippen molar-refractivity contribution in [3.05, 3.63) is 29.3 Å². The SMILES string of the molecule is NCCCCc1cc(F)cc(F)c1OCC1CC1. The molecule has 0 heterocycles. The van der Waals surface area contributed by atoms with E-state index in [1.54, 1.807) is 0 Å². The number of benzene rings is 1. The molecule has 1 fully saturated rings. The standard InChI is InChI=1S/C14H19F2NO/c15-12-7-11(3-1-2-6-17)14(13(16)8-12)18-9-10-4-5-10/h7-8,10H,1-6,9,17H2. The molecular weight excluding hydrogens is 236 g/mol. The summed E-state index contributed by atoms with van der Waals surface area (Å²) in [5.41, 5.74) is 6.03. The summed E-state index contributed by atoms with van der Waals surface area (Å²) in [6, 6.07) is 2.25. The maximum absolute atomic E-state index is 13.7. The molecule has 0 atom stereocenters. The van der Waals surface area contributed by atoms with Crippen LogP contribution in [0.15, 0.2) is 12.1 Å². The summed E-state index contributed by atoms with van der Waals surface area (Å²) in [6.45, 7) is 1.13. The van der Waals surface area contributed by atoms with Crippen LogP contribution >= 0.6 is 0 Å². The van der Waals surface area contributed by atoms with Crippen molar-refractivity contribution >= 4 is 0 Å². The van der Waals surface area contributed by atoms with E-state index in [1.807, 2.05) is 0 Å². The van der Waals surface area contributed by atoms with Crippen LogP contribution in [0.5, 0.6) is 5.75 Å². The Balaban J connectivity index is 2.06. The van der Waals surface area contributed by atoms with Gasteiger partial charge in [0.25, 0.3) is 0 Å². The maximum atomic E-state index is 13.7. The summed E-state index contributed by atoms with van der Waals surface area (Å²) in [5, 5.41) is 0. The first-order valence-electron chi connectivity index (χ1n) is 6.51. The van der Waals surface area contributed by atoms with Crippen LogP contribution in [0.3, 0.4) is 0 Å². The van der Waals surface area contributed by atoms with E-state index in [0.29, 0.717) is 31.1 Å². The Morgan fingerprint density at radius 3 is 2.67 bits per heavy atom. The largest absolute Gasteiger partial charge is 0.490 e. The van der Waals surface area contributed by atoms with Gasteiger partial charge >= 0.3 is 0 Å². The maximum Gasteiger partial charge on any atom is 0.168 e. The molecule has 0 unspecified atom stereocenters. The van der Waals surface area contributed by atoms with Crippen LogP contribution in [0.2, 0.25) is 0 Å². The van der Waals surface area contributed by atoms with E-state index in [0.717, 1.165) is 31.7 Å². The molecule has 1 aromatic rings. The number of hydrogen-bond acceptors (Lipinski definition) is 2. The molecule has 18 heavy (non-hydrogen) atoms. The van der Waals surface area contributed by atoms with E-state index >= 15 is 0 Å². The van der Waals surface area contributed by atoms with E-state index in [1.165, 1.54) is 6.07 Å². The molecule has 0 radical (unpaired) electrons. The molecule has 2 N–H and O–H groups in total. The van der Waals surface area contributed by atoms with Gasteiger partial charge in [-0.25, -0.2) is 8.78 Å². The summed E-state index contributed by atoms with van der Waals surface area (Å²) in [4.78, 5) is 0. The summed E-state index contributed by atoms with van der Waals surface area (Å²) in [5.74, 6) is -0.376. The number of ether oxygens (including phenoxy) is 1. The van der Waals surface area contributed by atoms with Crippen LogP contribution in [-0.4, -0.2) is 13.2 Å². The summed E-state index contributed by atoms with van der Waals surface area (Å²) >= 11 is 0. The molecule has 0 spiro atoms. The van der Waals surface area contributed by atoms with Gasteiger partial charge < -0.3 is 10.5 Å². The first-order chi connectivity index (χ1) is 8.70. The molecule has 0 aromatic heterocycles. The minimum atomic E-state index is -0.599. The molecule has 1 aliphatic rings. The topological polar surface area (TPSA) is 35.2 Å². The van der Waals surface area contributed by atoms with Crippen molar-refractivity contribution in [3.8, 4) is 5.75 Å². The van der Waals surface area contributed by atoms with Crippen molar-refractivity contribution in [1.29, 1.82) is 0 Å². The summed E-state index contributed by atoms with van der Waals surface area (Å²) in [6.07, 6.45) is 4.56. The summed E-state index contributed by atoms with van der Waals surface area (Å²) < 4.78 is 32.4. The second kappa shape index (κ2) is 6.14. The van der Waals surface area contributed by atoms with Crippen molar-refractivity contribution in [1.82, 2.24) is 0 Å². The van der Waals surface area contributed by atoms with Gasteiger partial charge in [0.2, 0.25) is 0 Å². The van der Waals surface area contributed by atoms with Crippen LogP contribution in [0.1, 0.15) is 31.2 Å². The second-order valence-corrected chi connectivity index (χ2v) is 4.88.